The zero-order valence-electron chi connectivity index (χ0n) is 20.1. The fourth-order valence-corrected chi connectivity index (χ4v) is 4.54. The third-order valence-corrected chi connectivity index (χ3v) is 6.36. The average Bonchev–Trinajstić information content (AvgIpc) is 3.41. The Kier molecular flexibility index (Phi) is 5.72. The number of nitrogens with one attached hydrogen (secondary N) is 1. The van der Waals surface area contributed by atoms with Crippen LogP contribution in [-0.4, -0.2) is 47.2 Å². The lowest BCUT2D eigenvalue weighted by Crippen LogP contribution is -2.41. The first-order valence-corrected chi connectivity index (χ1v) is 11.6. The van der Waals surface area contributed by atoms with Gasteiger partial charge in [-0.05, 0) is 51.5 Å². The van der Waals surface area contributed by atoms with Crippen molar-refractivity contribution in [3.8, 4) is 11.6 Å². The van der Waals surface area contributed by atoms with Crippen LogP contribution in [0.5, 0.6) is 11.6 Å². The molecular weight excluding hydrogens is 446 g/mol. The lowest BCUT2D eigenvalue weighted by atomic mass is 9.99. The fraction of sp³-hybridized carbons (Fsp3) is 0.320. The Morgan fingerprint density at radius 1 is 1.20 bits per heavy atom. The number of hydrogen-bond acceptors (Lipinski definition) is 6. The molecule has 2 amide bonds. The van der Waals surface area contributed by atoms with E-state index in [1.54, 1.807) is 22.6 Å². The van der Waals surface area contributed by atoms with Gasteiger partial charge in [0.05, 0.1) is 17.8 Å². The number of aromatic nitrogens is 5. The summed E-state index contributed by atoms with van der Waals surface area (Å²) in [5.74, 6) is 1.64. The molecule has 4 heterocycles. The Morgan fingerprint density at radius 2 is 2.03 bits per heavy atom. The molecule has 10 nitrogen and oxygen atoms in total. The summed E-state index contributed by atoms with van der Waals surface area (Å²) in [6.07, 6.45) is 3.80. The van der Waals surface area contributed by atoms with Gasteiger partial charge in [-0.15, -0.1) is 0 Å². The molecule has 0 bridgehead atoms. The Bertz CT molecular complexity index is 1440. The van der Waals surface area contributed by atoms with Crippen LogP contribution in [0.15, 0.2) is 42.9 Å². The van der Waals surface area contributed by atoms with Gasteiger partial charge in [0, 0.05) is 48.4 Å². The Hall–Kier alpha value is -4.21. The van der Waals surface area contributed by atoms with E-state index in [0.717, 1.165) is 34.4 Å². The van der Waals surface area contributed by atoms with Crippen molar-refractivity contribution in [2.45, 2.75) is 53.2 Å². The number of hydrogen-bond donors (Lipinski definition) is 1. The van der Waals surface area contributed by atoms with Crippen molar-refractivity contribution in [3.05, 3.63) is 59.8 Å². The van der Waals surface area contributed by atoms with Gasteiger partial charge in [-0.3, -0.25) is 19.4 Å². The van der Waals surface area contributed by atoms with Crippen LogP contribution in [0.2, 0.25) is 0 Å². The highest BCUT2D eigenvalue weighted by atomic mass is 16.5. The van der Waals surface area contributed by atoms with Crippen LogP contribution in [0, 0.1) is 6.92 Å². The Balaban J connectivity index is 1.37. The molecule has 180 valence electrons. The standard InChI is InChI=1S/C25H27N7O3/c1-5-32-16(3)11-23(29-32)28-25(34)30-9-8-18-12-19(6-7-22(18)30)35-24-20-10-15(2)31(17(4)33)13-21(20)26-14-27-24/h6-9,11-12,14-15H,5,10,13H2,1-4H3,(H,28,29,34)/t15-/m0/s1. The van der Waals surface area contributed by atoms with E-state index in [1.165, 1.54) is 6.33 Å². The number of carbonyl (C=O) groups excluding carboxylic acids is 2. The summed E-state index contributed by atoms with van der Waals surface area (Å²) < 4.78 is 9.52. The molecule has 1 aromatic carbocycles. The molecule has 35 heavy (non-hydrogen) atoms. The molecule has 0 fully saturated rings. The maximum atomic E-state index is 12.9. The number of anilines is 1. The molecule has 0 saturated heterocycles. The van der Waals surface area contributed by atoms with Crippen LogP contribution in [0.3, 0.4) is 0 Å². The highest BCUT2D eigenvalue weighted by molar-refractivity contribution is 5.98. The van der Waals surface area contributed by atoms with Gasteiger partial charge in [-0.25, -0.2) is 14.8 Å². The normalized spacial score (nSPS) is 15.2. The first kappa shape index (κ1) is 22.6. The number of aryl methyl sites for hydroxylation is 2. The van der Waals surface area contributed by atoms with Crippen LogP contribution < -0.4 is 10.1 Å². The van der Waals surface area contributed by atoms with Crippen molar-refractivity contribution in [2.24, 2.45) is 0 Å². The summed E-state index contributed by atoms with van der Waals surface area (Å²) in [6.45, 7) is 8.71. The molecule has 0 saturated carbocycles. The highest BCUT2D eigenvalue weighted by Gasteiger charge is 2.28. The van der Waals surface area contributed by atoms with Gasteiger partial charge in [-0.2, -0.15) is 5.10 Å². The Morgan fingerprint density at radius 3 is 2.77 bits per heavy atom. The topological polar surface area (TPSA) is 107 Å². The van der Waals surface area contributed by atoms with E-state index in [1.807, 2.05) is 55.8 Å². The molecule has 0 radical (unpaired) electrons. The van der Waals surface area contributed by atoms with Crippen LogP contribution in [0.4, 0.5) is 10.6 Å². The quantitative estimate of drug-likeness (QED) is 0.478. The van der Waals surface area contributed by atoms with Crippen molar-refractivity contribution in [1.29, 1.82) is 0 Å². The SMILES string of the molecule is CCn1nc(NC(=O)n2ccc3cc(Oc4ncnc5c4C[C@H](C)N(C(C)=O)C5)ccc32)cc1C. The predicted molar refractivity (Wildman–Crippen MR) is 130 cm³/mol. The van der Waals surface area contributed by atoms with Crippen LogP contribution in [0.25, 0.3) is 10.9 Å². The zero-order chi connectivity index (χ0) is 24.7. The van der Waals surface area contributed by atoms with E-state index >= 15 is 0 Å². The van der Waals surface area contributed by atoms with Gasteiger partial charge in [-0.1, -0.05) is 0 Å². The van der Waals surface area contributed by atoms with E-state index in [9.17, 15) is 9.59 Å². The van der Waals surface area contributed by atoms with E-state index in [2.05, 4.69) is 20.4 Å². The van der Waals surface area contributed by atoms with Crippen LogP contribution >= 0.6 is 0 Å². The number of amides is 2. The molecular formula is C25H27N7O3. The number of benzene rings is 1. The van der Waals surface area contributed by atoms with Crippen molar-refractivity contribution in [3.63, 3.8) is 0 Å². The van der Waals surface area contributed by atoms with Crippen molar-refractivity contribution in [2.75, 3.05) is 5.32 Å². The van der Waals surface area contributed by atoms with Crippen molar-refractivity contribution in [1.82, 2.24) is 29.2 Å². The molecule has 4 aromatic rings. The van der Waals surface area contributed by atoms with Gasteiger partial charge < -0.3 is 9.64 Å². The summed E-state index contributed by atoms with van der Waals surface area (Å²) in [4.78, 5) is 35.3. The third-order valence-electron chi connectivity index (χ3n) is 6.36. The summed E-state index contributed by atoms with van der Waals surface area (Å²) in [6, 6.07) is 8.98. The summed E-state index contributed by atoms with van der Waals surface area (Å²) in [5.41, 5.74) is 3.44. The third kappa shape index (κ3) is 4.23. The minimum absolute atomic E-state index is 0.0251. The lowest BCUT2D eigenvalue weighted by Gasteiger charge is -2.33. The van der Waals surface area contributed by atoms with Gasteiger partial charge >= 0.3 is 6.03 Å². The fourth-order valence-electron chi connectivity index (χ4n) is 4.54. The van der Waals surface area contributed by atoms with Gasteiger partial charge in [0.1, 0.15) is 12.1 Å². The first-order valence-electron chi connectivity index (χ1n) is 11.6. The number of rotatable bonds is 4. The van der Waals surface area contributed by atoms with E-state index in [-0.39, 0.29) is 18.0 Å². The summed E-state index contributed by atoms with van der Waals surface area (Å²) >= 11 is 0. The number of nitrogens with zero attached hydrogens (tertiary/aromatic N) is 6. The van der Waals surface area contributed by atoms with E-state index in [0.29, 0.717) is 30.4 Å². The Labute approximate surface area is 202 Å². The largest absolute Gasteiger partial charge is 0.439 e. The molecule has 1 atom stereocenters. The van der Waals surface area contributed by atoms with Crippen molar-refractivity contribution >= 4 is 28.7 Å². The van der Waals surface area contributed by atoms with Gasteiger partial charge in [0.15, 0.2) is 5.82 Å². The highest BCUT2D eigenvalue weighted by Crippen LogP contribution is 2.32. The van der Waals surface area contributed by atoms with Crippen molar-refractivity contribution < 1.29 is 14.3 Å². The monoisotopic (exact) mass is 473 g/mol. The maximum Gasteiger partial charge on any atom is 0.331 e. The van der Waals surface area contributed by atoms with Gasteiger partial charge in [0.2, 0.25) is 11.8 Å². The lowest BCUT2D eigenvalue weighted by molar-refractivity contribution is -0.132. The van der Waals surface area contributed by atoms with Gasteiger partial charge in [0.25, 0.3) is 0 Å². The first-order chi connectivity index (χ1) is 16.8. The molecule has 10 heteroatoms. The molecule has 0 unspecified atom stereocenters. The van der Waals surface area contributed by atoms with E-state index < -0.39 is 0 Å². The molecule has 3 aromatic heterocycles. The average molecular weight is 474 g/mol. The second kappa shape index (κ2) is 8.86. The summed E-state index contributed by atoms with van der Waals surface area (Å²) in [5, 5.41) is 8.10. The minimum Gasteiger partial charge on any atom is -0.439 e. The zero-order valence-corrected chi connectivity index (χ0v) is 20.1. The second-order valence-electron chi connectivity index (χ2n) is 8.73. The molecule has 0 spiro atoms. The van der Waals surface area contributed by atoms with Crippen LogP contribution in [0.1, 0.15) is 37.7 Å². The second-order valence-corrected chi connectivity index (χ2v) is 8.73. The summed E-state index contributed by atoms with van der Waals surface area (Å²) in [7, 11) is 0. The minimum atomic E-state index is -0.289. The van der Waals surface area contributed by atoms with E-state index in [4.69, 9.17) is 4.74 Å². The molecule has 0 aliphatic carbocycles. The number of fused-ring (bicyclic) bond motifs is 2. The molecule has 1 aliphatic heterocycles. The number of carbonyl (C=O) groups is 2. The molecule has 1 aliphatic rings. The smallest absolute Gasteiger partial charge is 0.331 e. The number of ether oxygens (including phenoxy) is 1. The van der Waals surface area contributed by atoms with Crippen LogP contribution in [-0.2, 0) is 24.3 Å². The maximum absolute atomic E-state index is 12.9. The molecule has 1 N–H and O–H groups in total. The molecule has 5 rings (SSSR count). The predicted octanol–water partition coefficient (Wildman–Crippen LogP) is 4.12.